The van der Waals surface area contributed by atoms with E-state index in [4.69, 9.17) is 22.8 Å². The van der Waals surface area contributed by atoms with E-state index >= 15 is 0 Å². The highest BCUT2D eigenvalue weighted by molar-refractivity contribution is 7.71. The Balaban J connectivity index is 2.14. The summed E-state index contributed by atoms with van der Waals surface area (Å²) >= 11 is 6.89. The fourth-order valence-electron chi connectivity index (χ4n) is 2.75. The third-order valence-corrected chi connectivity index (χ3v) is 5.09. The fraction of sp³-hybridized carbons (Fsp3) is 0.417. The number of nitrogens with one attached hydrogen (secondary N) is 2. The summed E-state index contributed by atoms with van der Waals surface area (Å²) in [5, 5.41) is 8.21. The van der Waals surface area contributed by atoms with Gasteiger partial charge in [-0.05, 0) is 31.6 Å². The quantitative estimate of drug-likeness (QED) is 0.361. The number of hydrogen-bond donors (Lipinski definition) is 3. The van der Waals surface area contributed by atoms with Gasteiger partial charge in [0, 0.05) is 11.3 Å². The Labute approximate surface area is 129 Å². The minimum atomic E-state index is -0.185. The molecular weight excluding hydrogens is 308 g/mol. The second kappa shape index (κ2) is 4.23. The van der Waals surface area contributed by atoms with Crippen LogP contribution in [0.4, 0.5) is 5.95 Å². The molecule has 0 fully saturated rings. The van der Waals surface area contributed by atoms with Crippen LogP contribution in [0.15, 0.2) is 0 Å². The summed E-state index contributed by atoms with van der Waals surface area (Å²) in [5.41, 5.74) is 4.41. The first-order valence-corrected chi connectivity index (χ1v) is 7.74. The largest absolute Gasteiger partial charge is 0.370 e. The molecule has 0 saturated heterocycles. The number of ether oxygens (including phenoxy) is 1. The lowest BCUT2D eigenvalue weighted by atomic mass is 9.94. The van der Waals surface area contributed by atoms with Gasteiger partial charge in [-0.2, -0.15) is 5.10 Å². The molecule has 0 spiro atoms. The van der Waals surface area contributed by atoms with Gasteiger partial charge in [-0.1, -0.05) is 0 Å². The maximum Gasteiger partial charge on any atom is 0.226 e. The van der Waals surface area contributed by atoms with Crippen LogP contribution in [0.5, 0.6) is 0 Å². The Kier molecular flexibility index (Phi) is 2.65. The topological polar surface area (TPSA) is 93.3 Å². The lowest BCUT2D eigenvalue weighted by Crippen LogP contribution is -2.31. The highest BCUT2D eigenvalue weighted by Crippen LogP contribution is 2.40. The van der Waals surface area contributed by atoms with Gasteiger partial charge < -0.3 is 4.74 Å². The summed E-state index contributed by atoms with van der Waals surface area (Å²) in [6.45, 7) is 4.79. The molecule has 4 heterocycles. The summed E-state index contributed by atoms with van der Waals surface area (Å²) in [6.07, 6.45) is 0.828. The molecule has 0 aliphatic carbocycles. The van der Waals surface area contributed by atoms with Crippen molar-refractivity contribution in [2.24, 2.45) is 5.84 Å². The van der Waals surface area contributed by atoms with Crippen LogP contribution in [-0.2, 0) is 17.8 Å². The standard InChI is InChI=1S/C12H14N6OS2/c1-12(2)3-5-6(4-19-12)21-9-7(5)8-16-17-11(20)18(8)10(14-9)15-13/h3-4,13H2,1-2H3,(H,14,15)(H,17,20). The summed E-state index contributed by atoms with van der Waals surface area (Å²) in [6, 6.07) is 0. The number of nitrogens with zero attached hydrogens (tertiary/aromatic N) is 3. The van der Waals surface area contributed by atoms with E-state index in [9.17, 15) is 0 Å². The number of anilines is 1. The SMILES string of the molecule is CC1(C)Cc2c(sc3nc(NN)n4c(=S)[nH]nc4c23)CO1. The van der Waals surface area contributed by atoms with Crippen molar-refractivity contribution in [2.45, 2.75) is 32.5 Å². The number of H-pyrrole nitrogens is 1. The van der Waals surface area contributed by atoms with Crippen LogP contribution in [0.3, 0.4) is 0 Å². The van der Waals surface area contributed by atoms with Gasteiger partial charge in [0.15, 0.2) is 5.65 Å². The van der Waals surface area contributed by atoms with E-state index in [-0.39, 0.29) is 5.60 Å². The molecule has 9 heteroatoms. The van der Waals surface area contributed by atoms with Gasteiger partial charge in [0.1, 0.15) is 4.83 Å². The van der Waals surface area contributed by atoms with Crippen molar-refractivity contribution in [3.05, 3.63) is 15.2 Å². The molecule has 7 nitrogen and oxygen atoms in total. The van der Waals surface area contributed by atoms with Gasteiger partial charge in [-0.3, -0.25) is 10.5 Å². The van der Waals surface area contributed by atoms with Crippen molar-refractivity contribution < 1.29 is 4.74 Å². The van der Waals surface area contributed by atoms with Crippen LogP contribution in [0.1, 0.15) is 24.3 Å². The molecule has 4 rings (SSSR count). The number of hydrazine groups is 1. The number of fused-ring (bicyclic) bond motifs is 5. The number of aromatic amines is 1. The summed E-state index contributed by atoms with van der Waals surface area (Å²) in [7, 11) is 0. The van der Waals surface area contributed by atoms with Crippen molar-refractivity contribution in [1.82, 2.24) is 19.6 Å². The molecule has 0 amide bonds. The van der Waals surface area contributed by atoms with Gasteiger partial charge in [-0.15, -0.1) is 11.3 Å². The molecule has 1 aliphatic heterocycles. The molecule has 0 radical (unpaired) electrons. The molecule has 3 aromatic heterocycles. The molecule has 0 bridgehead atoms. The normalized spacial score (nSPS) is 17.3. The fourth-order valence-corrected chi connectivity index (χ4v) is 4.07. The van der Waals surface area contributed by atoms with E-state index in [2.05, 4.69) is 34.5 Å². The monoisotopic (exact) mass is 322 g/mol. The van der Waals surface area contributed by atoms with Gasteiger partial charge in [0.25, 0.3) is 0 Å². The molecule has 0 saturated carbocycles. The van der Waals surface area contributed by atoms with Gasteiger partial charge in [0.05, 0.1) is 17.6 Å². The minimum absolute atomic E-state index is 0.185. The second-order valence-electron chi connectivity index (χ2n) is 5.68. The van der Waals surface area contributed by atoms with E-state index in [1.807, 2.05) is 0 Å². The number of thiophene rings is 1. The average Bonchev–Trinajstić information content (AvgIpc) is 2.97. The first-order valence-electron chi connectivity index (χ1n) is 6.52. The van der Waals surface area contributed by atoms with E-state index in [0.717, 1.165) is 22.3 Å². The third-order valence-electron chi connectivity index (χ3n) is 3.71. The van der Waals surface area contributed by atoms with Crippen molar-refractivity contribution in [3.63, 3.8) is 0 Å². The molecule has 0 unspecified atom stereocenters. The van der Waals surface area contributed by atoms with Crippen LogP contribution in [-0.4, -0.2) is 25.2 Å². The highest BCUT2D eigenvalue weighted by atomic mass is 32.1. The zero-order valence-corrected chi connectivity index (χ0v) is 13.2. The van der Waals surface area contributed by atoms with Gasteiger partial charge in [0.2, 0.25) is 10.7 Å². The molecule has 21 heavy (non-hydrogen) atoms. The second-order valence-corrected chi connectivity index (χ2v) is 7.15. The summed E-state index contributed by atoms with van der Waals surface area (Å²) < 4.78 is 8.08. The smallest absolute Gasteiger partial charge is 0.226 e. The van der Waals surface area contributed by atoms with Crippen molar-refractivity contribution in [2.75, 3.05) is 5.43 Å². The first-order chi connectivity index (χ1) is 10.00. The Morgan fingerprint density at radius 1 is 1.52 bits per heavy atom. The molecule has 110 valence electrons. The Morgan fingerprint density at radius 2 is 2.33 bits per heavy atom. The Morgan fingerprint density at radius 3 is 3.10 bits per heavy atom. The average molecular weight is 322 g/mol. The van der Waals surface area contributed by atoms with E-state index in [1.165, 1.54) is 10.4 Å². The molecule has 3 aromatic rings. The van der Waals surface area contributed by atoms with Gasteiger partial charge >= 0.3 is 0 Å². The van der Waals surface area contributed by atoms with Crippen LogP contribution in [0.2, 0.25) is 0 Å². The third kappa shape index (κ3) is 1.81. The Hall–Kier alpha value is -1.55. The number of aromatic nitrogens is 4. The lowest BCUT2D eigenvalue weighted by molar-refractivity contribution is -0.0379. The number of nitrogens with two attached hydrogens (primary N) is 1. The van der Waals surface area contributed by atoms with Crippen LogP contribution in [0, 0.1) is 4.77 Å². The highest BCUT2D eigenvalue weighted by Gasteiger charge is 2.31. The van der Waals surface area contributed by atoms with Crippen molar-refractivity contribution in [3.8, 4) is 0 Å². The zero-order valence-electron chi connectivity index (χ0n) is 11.6. The van der Waals surface area contributed by atoms with Crippen molar-refractivity contribution in [1.29, 1.82) is 0 Å². The molecular formula is C12H14N6OS2. The van der Waals surface area contributed by atoms with Gasteiger partial charge in [-0.25, -0.2) is 15.2 Å². The van der Waals surface area contributed by atoms with Crippen LogP contribution < -0.4 is 11.3 Å². The van der Waals surface area contributed by atoms with E-state index in [1.54, 1.807) is 15.7 Å². The summed E-state index contributed by atoms with van der Waals surface area (Å²) in [5.74, 6) is 6.04. The maximum atomic E-state index is 5.88. The predicted molar refractivity (Wildman–Crippen MR) is 83.9 cm³/mol. The predicted octanol–water partition coefficient (Wildman–Crippen LogP) is 2.14. The number of hydrogen-bond acceptors (Lipinski definition) is 7. The minimum Gasteiger partial charge on any atom is -0.370 e. The first kappa shape index (κ1) is 13.1. The zero-order chi connectivity index (χ0) is 14.8. The molecule has 0 aromatic carbocycles. The molecule has 1 aliphatic rings. The Bertz CT molecular complexity index is 921. The van der Waals surface area contributed by atoms with Crippen LogP contribution in [0.25, 0.3) is 15.9 Å². The molecule has 0 atom stereocenters. The number of nitrogen functional groups attached to an aromatic ring is 1. The number of rotatable bonds is 1. The van der Waals surface area contributed by atoms with Crippen LogP contribution >= 0.6 is 23.6 Å². The summed E-state index contributed by atoms with van der Waals surface area (Å²) in [4.78, 5) is 6.67. The van der Waals surface area contributed by atoms with E-state index in [0.29, 0.717) is 17.3 Å². The lowest BCUT2D eigenvalue weighted by Gasteiger charge is -2.30. The maximum absolute atomic E-state index is 5.88. The van der Waals surface area contributed by atoms with E-state index < -0.39 is 0 Å². The molecule has 4 N–H and O–H groups in total. The van der Waals surface area contributed by atoms with Crippen molar-refractivity contribution >= 4 is 45.4 Å².